The zero-order valence-electron chi connectivity index (χ0n) is 15.2. The molecule has 1 atom stereocenters. The van der Waals surface area contributed by atoms with E-state index in [1.54, 1.807) is 11.3 Å². The summed E-state index contributed by atoms with van der Waals surface area (Å²) in [6, 6.07) is 0. The Morgan fingerprint density at radius 1 is 1.12 bits per heavy atom. The summed E-state index contributed by atoms with van der Waals surface area (Å²) in [6.07, 6.45) is 0.237. The van der Waals surface area contributed by atoms with Crippen molar-refractivity contribution in [1.82, 2.24) is 14.9 Å². The van der Waals surface area contributed by atoms with Crippen LogP contribution in [0.1, 0.15) is 23.2 Å². The summed E-state index contributed by atoms with van der Waals surface area (Å²) in [6.45, 7) is 13.3. The molecular weight excluding hydrogens is 336 g/mol. The molecule has 0 amide bonds. The third-order valence-electron chi connectivity index (χ3n) is 5.07. The van der Waals surface area contributed by atoms with Crippen LogP contribution in [0, 0.1) is 13.8 Å². The van der Waals surface area contributed by atoms with Gasteiger partial charge in [-0.1, -0.05) is 0 Å². The predicted molar refractivity (Wildman–Crippen MR) is 101 cm³/mol. The van der Waals surface area contributed by atoms with Crippen LogP contribution >= 0.6 is 11.3 Å². The summed E-state index contributed by atoms with van der Waals surface area (Å²) in [4.78, 5) is 17.1. The van der Waals surface area contributed by atoms with Gasteiger partial charge in [0.25, 0.3) is 0 Å². The van der Waals surface area contributed by atoms with Gasteiger partial charge in [-0.2, -0.15) is 0 Å². The van der Waals surface area contributed by atoms with Gasteiger partial charge < -0.3 is 14.4 Å². The van der Waals surface area contributed by atoms with Crippen LogP contribution in [0.2, 0.25) is 0 Å². The molecule has 2 aliphatic rings. The van der Waals surface area contributed by atoms with Gasteiger partial charge in [0, 0.05) is 31.1 Å². The summed E-state index contributed by atoms with van der Waals surface area (Å²) >= 11 is 1.78. The molecular formula is C18H26N4O2S. The second-order valence-corrected chi connectivity index (χ2v) is 8.15. The molecule has 4 rings (SSSR count). The van der Waals surface area contributed by atoms with E-state index in [-0.39, 0.29) is 6.10 Å². The number of aromatic nitrogens is 2. The number of anilines is 1. The molecule has 2 aromatic heterocycles. The van der Waals surface area contributed by atoms with Crippen molar-refractivity contribution in [2.45, 2.75) is 33.4 Å². The Kier molecular flexibility index (Phi) is 4.90. The van der Waals surface area contributed by atoms with Crippen molar-refractivity contribution in [3.05, 3.63) is 16.3 Å². The van der Waals surface area contributed by atoms with Gasteiger partial charge in [-0.15, -0.1) is 11.3 Å². The largest absolute Gasteiger partial charge is 0.379 e. The van der Waals surface area contributed by atoms with Gasteiger partial charge in [0.05, 0.1) is 37.9 Å². The number of hydrogen-bond acceptors (Lipinski definition) is 7. The van der Waals surface area contributed by atoms with E-state index in [9.17, 15) is 0 Å². The zero-order valence-corrected chi connectivity index (χ0v) is 16.1. The highest BCUT2D eigenvalue weighted by Gasteiger charge is 2.24. The van der Waals surface area contributed by atoms with Crippen molar-refractivity contribution in [2.24, 2.45) is 0 Å². The fourth-order valence-electron chi connectivity index (χ4n) is 3.54. The molecule has 25 heavy (non-hydrogen) atoms. The number of thiophene rings is 1. The maximum Gasteiger partial charge on any atom is 0.146 e. The number of fused-ring (bicyclic) bond motifs is 1. The van der Waals surface area contributed by atoms with Crippen molar-refractivity contribution in [1.29, 1.82) is 0 Å². The summed E-state index contributed by atoms with van der Waals surface area (Å²) < 4.78 is 11.2. The van der Waals surface area contributed by atoms with Gasteiger partial charge in [0.1, 0.15) is 16.5 Å². The lowest BCUT2D eigenvalue weighted by atomic mass is 10.2. The minimum Gasteiger partial charge on any atom is -0.379 e. The Balaban J connectivity index is 1.72. The fourth-order valence-corrected chi connectivity index (χ4v) is 4.58. The quantitative estimate of drug-likeness (QED) is 0.836. The van der Waals surface area contributed by atoms with E-state index in [0.29, 0.717) is 0 Å². The first-order valence-electron chi connectivity index (χ1n) is 9.05. The lowest BCUT2D eigenvalue weighted by molar-refractivity contribution is 0.0330. The molecule has 136 valence electrons. The van der Waals surface area contributed by atoms with Crippen molar-refractivity contribution in [3.63, 3.8) is 0 Å². The van der Waals surface area contributed by atoms with Gasteiger partial charge in [-0.25, -0.2) is 9.97 Å². The highest BCUT2D eigenvalue weighted by atomic mass is 32.1. The lowest BCUT2D eigenvalue weighted by Gasteiger charge is -2.33. The van der Waals surface area contributed by atoms with Crippen LogP contribution in [0.5, 0.6) is 0 Å². The number of ether oxygens (including phenoxy) is 2. The Labute approximate surface area is 152 Å². The van der Waals surface area contributed by atoms with Crippen LogP contribution in [0.4, 0.5) is 5.82 Å². The number of nitrogens with zero attached hydrogens (tertiary/aromatic N) is 4. The van der Waals surface area contributed by atoms with Crippen molar-refractivity contribution >= 4 is 27.4 Å². The predicted octanol–water partition coefficient (Wildman–Crippen LogP) is 2.37. The second kappa shape index (κ2) is 7.15. The van der Waals surface area contributed by atoms with Crippen LogP contribution < -0.4 is 4.90 Å². The SMILES string of the molecule is Cc1sc2nc(CN3CCOCC3)nc(N3CCOC(C)C3)c2c1C. The first kappa shape index (κ1) is 17.1. The first-order chi connectivity index (χ1) is 12.1. The van der Waals surface area contributed by atoms with Crippen molar-refractivity contribution in [2.75, 3.05) is 50.9 Å². The van der Waals surface area contributed by atoms with E-state index >= 15 is 0 Å². The molecule has 2 aliphatic heterocycles. The topological polar surface area (TPSA) is 50.7 Å². The monoisotopic (exact) mass is 362 g/mol. The molecule has 0 N–H and O–H groups in total. The third-order valence-corrected chi connectivity index (χ3v) is 6.17. The standard InChI is InChI=1S/C18H26N4O2S/c1-12-10-22(6-9-24-12)17-16-13(2)14(3)25-18(16)20-15(19-17)11-21-4-7-23-8-5-21/h12H,4-11H2,1-3H3. The fraction of sp³-hybridized carbons (Fsp3) is 0.667. The van der Waals surface area contributed by atoms with E-state index in [1.807, 2.05) is 0 Å². The number of morpholine rings is 2. The van der Waals surface area contributed by atoms with E-state index in [0.717, 1.165) is 69.0 Å². The Bertz CT molecular complexity index is 757. The van der Waals surface area contributed by atoms with Crippen LogP contribution in [-0.4, -0.2) is 67.0 Å². The van der Waals surface area contributed by atoms with E-state index in [1.165, 1.54) is 15.8 Å². The van der Waals surface area contributed by atoms with Gasteiger partial charge in [-0.3, -0.25) is 4.90 Å². The van der Waals surface area contributed by atoms with Crippen LogP contribution in [0.15, 0.2) is 0 Å². The van der Waals surface area contributed by atoms with Gasteiger partial charge in [0.2, 0.25) is 0 Å². The number of rotatable bonds is 3. The van der Waals surface area contributed by atoms with Crippen molar-refractivity contribution in [3.8, 4) is 0 Å². The summed E-state index contributed by atoms with van der Waals surface area (Å²) in [5.41, 5.74) is 1.31. The molecule has 6 nitrogen and oxygen atoms in total. The van der Waals surface area contributed by atoms with Gasteiger partial charge in [-0.05, 0) is 26.3 Å². The smallest absolute Gasteiger partial charge is 0.146 e. The van der Waals surface area contributed by atoms with Crippen LogP contribution in [-0.2, 0) is 16.0 Å². The Morgan fingerprint density at radius 3 is 2.68 bits per heavy atom. The average Bonchev–Trinajstić information content (AvgIpc) is 2.89. The highest BCUT2D eigenvalue weighted by Crippen LogP contribution is 2.35. The molecule has 0 saturated carbocycles. The maximum absolute atomic E-state index is 5.72. The molecule has 2 fully saturated rings. The van der Waals surface area contributed by atoms with Gasteiger partial charge >= 0.3 is 0 Å². The molecule has 0 radical (unpaired) electrons. The van der Waals surface area contributed by atoms with E-state index < -0.39 is 0 Å². The first-order valence-corrected chi connectivity index (χ1v) is 9.86. The molecule has 2 saturated heterocycles. The molecule has 0 aliphatic carbocycles. The lowest BCUT2D eigenvalue weighted by Crippen LogP contribution is -2.42. The molecule has 0 bridgehead atoms. The Morgan fingerprint density at radius 2 is 1.92 bits per heavy atom. The van der Waals surface area contributed by atoms with E-state index in [2.05, 4.69) is 30.6 Å². The molecule has 0 aromatic carbocycles. The van der Waals surface area contributed by atoms with Crippen LogP contribution in [0.25, 0.3) is 10.2 Å². The summed E-state index contributed by atoms with van der Waals surface area (Å²) in [5.74, 6) is 2.01. The summed E-state index contributed by atoms with van der Waals surface area (Å²) in [7, 11) is 0. The average molecular weight is 362 g/mol. The summed E-state index contributed by atoms with van der Waals surface area (Å²) in [5, 5.41) is 1.22. The minimum atomic E-state index is 0.237. The van der Waals surface area contributed by atoms with Crippen molar-refractivity contribution < 1.29 is 9.47 Å². The zero-order chi connectivity index (χ0) is 17.4. The number of aryl methyl sites for hydroxylation is 2. The van der Waals surface area contributed by atoms with E-state index in [4.69, 9.17) is 19.4 Å². The number of hydrogen-bond donors (Lipinski definition) is 0. The second-order valence-electron chi connectivity index (χ2n) is 6.94. The molecule has 2 aromatic rings. The molecule has 4 heterocycles. The normalized spacial score (nSPS) is 22.7. The van der Waals surface area contributed by atoms with Gasteiger partial charge in [0.15, 0.2) is 0 Å². The molecule has 7 heteroatoms. The third kappa shape index (κ3) is 3.51. The van der Waals surface area contributed by atoms with Crippen LogP contribution in [0.3, 0.4) is 0 Å². The molecule has 1 unspecified atom stereocenters. The maximum atomic E-state index is 5.72. The molecule has 0 spiro atoms. The minimum absolute atomic E-state index is 0.237. The Hall–Kier alpha value is -1.28. The highest BCUT2D eigenvalue weighted by molar-refractivity contribution is 7.18.